The van der Waals surface area contributed by atoms with E-state index in [0.29, 0.717) is 11.8 Å². The zero-order valence-corrected chi connectivity index (χ0v) is 7.71. The minimum absolute atomic E-state index is 0.314. The van der Waals surface area contributed by atoms with Crippen molar-refractivity contribution >= 4 is 5.97 Å². The van der Waals surface area contributed by atoms with Gasteiger partial charge in [0.1, 0.15) is 6.04 Å². The minimum atomic E-state index is -0.708. The van der Waals surface area contributed by atoms with Gasteiger partial charge in [0, 0.05) is 0 Å². The largest absolute Gasteiger partial charge is 0.480 e. The van der Waals surface area contributed by atoms with Crippen LogP contribution < -0.4 is 5.32 Å². The number of carboxylic acids is 1. The van der Waals surface area contributed by atoms with E-state index in [1.54, 1.807) is 0 Å². The second kappa shape index (κ2) is 3.90. The molecule has 12 heavy (non-hydrogen) atoms. The lowest BCUT2D eigenvalue weighted by Crippen LogP contribution is -2.44. The van der Waals surface area contributed by atoms with E-state index in [1.165, 1.54) is 0 Å². The molecule has 3 heteroatoms. The monoisotopic (exact) mass is 171 g/mol. The maximum atomic E-state index is 10.7. The van der Waals surface area contributed by atoms with Crippen molar-refractivity contribution in [2.45, 2.75) is 32.7 Å². The number of rotatable bonds is 2. The molecule has 2 N–H and O–H groups in total. The average molecular weight is 171 g/mol. The first-order chi connectivity index (χ1) is 5.61. The Labute approximate surface area is 73.2 Å². The van der Waals surface area contributed by atoms with Crippen molar-refractivity contribution < 1.29 is 9.90 Å². The molecule has 0 bridgehead atoms. The molecule has 1 heterocycles. The van der Waals surface area contributed by atoms with E-state index in [0.717, 1.165) is 19.4 Å². The van der Waals surface area contributed by atoms with Crippen LogP contribution in [0.5, 0.6) is 0 Å². The molecule has 0 aliphatic carbocycles. The fourth-order valence-electron chi connectivity index (χ4n) is 1.74. The highest BCUT2D eigenvalue weighted by molar-refractivity contribution is 5.73. The summed E-state index contributed by atoms with van der Waals surface area (Å²) in [6.07, 6.45) is 1.90. The van der Waals surface area contributed by atoms with Gasteiger partial charge in [0.25, 0.3) is 0 Å². The highest BCUT2D eigenvalue weighted by Crippen LogP contribution is 2.23. The van der Waals surface area contributed by atoms with Gasteiger partial charge in [0.05, 0.1) is 0 Å². The van der Waals surface area contributed by atoms with Crippen molar-refractivity contribution in [1.29, 1.82) is 0 Å². The minimum Gasteiger partial charge on any atom is -0.480 e. The summed E-state index contributed by atoms with van der Waals surface area (Å²) in [5.74, 6) is 0.474. The molecule has 0 amide bonds. The first-order valence-electron chi connectivity index (χ1n) is 4.57. The Morgan fingerprint density at radius 2 is 2.25 bits per heavy atom. The Morgan fingerprint density at radius 1 is 1.58 bits per heavy atom. The third-order valence-corrected chi connectivity index (χ3v) is 2.69. The number of nitrogens with one attached hydrogen (secondary N) is 1. The molecule has 0 radical (unpaired) electrons. The molecule has 0 aromatic rings. The average Bonchev–Trinajstić information content (AvgIpc) is 2.04. The molecular weight excluding hydrogens is 154 g/mol. The number of carbonyl (C=O) groups is 1. The van der Waals surface area contributed by atoms with Gasteiger partial charge >= 0.3 is 5.97 Å². The maximum Gasteiger partial charge on any atom is 0.320 e. The van der Waals surface area contributed by atoms with E-state index < -0.39 is 5.97 Å². The van der Waals surface area contributed by atoms with Crippen LogP contribution in [0.1, 0.15) is 26.7 Å². The van der Waals surface area contributed by atoms with Crippen molar-refractivity contribution in [3.63, 3.8) is 0 Å². The van der Waals surface area contributed by atoms with Crippen LogP contribution in [0.4, 0.5) is 0 Å². The van der Waals surface area contributed by atoms with Crippen LogP contribution in [0.15, 0.2) is 0 Å². The first kappa shape index (κ1) is 9.52. The second-order valence-electron chi connectivity index (χ2n) is 3.87. The summed E-state index contributed by atoms with van der Waals surface area (Å²) in [6, 6.07) is -0.314. The molecule has 1 aliphatic heterocycles. The molecule has 70 valence electrons. The summed E-state index contributed by atoms with van der Waals surface area (Å²) in [5, 5.41) is 11.8. The van der Waals surface area contributed by atoms with Crippen LogP contribution in [0.2, 0.25) is 0 Å². The summed E-state index contributed by atoms with van der Waals surface area (Å²) in [4.78, 5) is 10.7. The summed E-state index contributed by atoms with van der Waals surface area (Å²) in [7, 11) is 0. The van der Waals surface area contributed by atoms with Gasteiger partial charge in [-0.3, -0.25) is 4.79 Å². The predicted molar refractivity (Wildman–Crippen MR) is 47.0 cm³/mol. The molecule has 2 atom stereocenters. The van der Waals surface area contributed by atoms with E-state index >= 15 is 0 Å². The van der Waals surface area contributed by atoms with Crippen molar-refractivity contribution in [1.82, 2.24) is 5.32 Å². The van der Waals surface area contributed by atoms with E-state index in [4.69, 9.17) is 5.11 Å². The van der Waals surface area contributed by atoms with E-state index in [9.17, 15) is 4.79 Å². The first-order valence-corrected chi connectivity index (χ1v) is 4.57. The third kappa shape index (κ3) is 2.21. The van der Waals surface area contributed by atoms with Crippen LogP contribution in [-0.2, 0) is 4.79 Å². The predicted octanol–water partition coefficient (Wildman–Crippen LogP) is 1.10. The van der Waals surface area contributed by atoms with Gasteiger partial charge in [-0.25, -0.2) is 0 Å². The summed E-state index contributed by atoms with van der Waals surface area (Å²) < 4.78 is 0. The molecule has 1 aliphatic rings. The van der Waals surface area contributed by atoms with E-state index in [2.05, 4.69) is 19.2 Å². The van der Waals surface area contributed by atoms with Crippen LogP contribution in [0.3, 0.4) is 0 Å². The molecule has 1 fully saturated rings. The smallest absolute Gasteiger partial charge is 0.320 e. The van der Waals surface area contributed by atoms with Crippen LogP contribution in [-0.4, -0.2) is 23.7 Å². The van der Waals surface area contributed by atoms with Crippen molar-refractivity contribution in [2.24, 2.45) is 11.8 Å². The van der Waals surface area contributed by atoms with Crippen molar-refractivity contribution in [2.75, 3.05) is 6.54 Å². The van der Waals surface area contributed by atoms with Crippen molar-refractivity contribution in [3.8, 4) is 0 Å². The van der Waals surface area contributed by atoms with Crippen LogP contribution >= 0.6 is 0 Å². The van der Waals surface area contributed by atoms with Gasteiger partial charge in [-0.1, -0.05) is 13.8 Å². The summed E-state index contributed by atoms with van der Waals surface area (Å²) in [6.45, 7) is 5.17. The third-order valence-electron chi connectivity index (χ3n) is 2.69. The van der Waals surface area contributed by atoms with E-state index in [1.807, 2.05) is 0 Å². The summed E-state index contributed by atoms with van der Waals surface area (Å²) in [5.41, 5.74) is 0. The number of piperidine rings is 1. The SMILES string of the molecule is CC(C)[C@@H]1CCN[C@H](C(=O)O)C1. The standard InChI is InChI=1S/C9H17NO2/c1-6(2)7-3-4-10-8(5-7)9(11)12/h6-8,10H,3-5H2,1-2H3,(H,11,12)/t7-,8+/m1/s1. The highest BCUT2D eigenvalue weighted by atomic mass is 16.4. The Bertz CT molecular complexity index is 168. The van der Waals surface area contributed by atoms with Gasteiger partial charge in [-0.05, 0) is 31.2 Å². The van der Waals surface area contributed by atoms with Crippen molar-refractivity contribution in [3.05, 3.63) is 0 Å². The topological polar surface area (TPSA) is 49.3 Å². The zero-order valence-electron chi connectivity index (χ0n) is 7.71. The lowest BCUT2D eigenvalue weighted by Gasteiger charge is -2.30. The van der Waals surface area contributed by atoms with Gasteiger partial charge in [0.15, 0.2) is 0 Å². The van der Waals surface area contributed by atoms with Crippen LogP contribution in [0, 0.1) is 11.8 Å². The number of hydrogen-bond donors (Lipinski definition) is 2. The van der Waals surface area contributed by atoms with E-state index in [-0.39, 0.29) is 6.04 Å². The molecule has 0 spiro atoms. The molecule has 0 aromatic heterocycles. The number of carboxylic acid groups (broad SMARTS) is 1. The molecule has 0 unspecified atom stereocenters. The van der Waals surface area contributed by atoms with Crippen LogP contribution in [0.25, 0.3) is 0 Å². The van der Waals surface area contributed by atoms with Gasteiger partial charge in [-0.15, -0.1) is 0 Å². The van der Waals surface area contributed by atoms with Gasteiger partial charge in [0.2, 0.25) is 0 Å². The lowest BCUT2D eigenvalue weighted by molar-refractivity contribution is -0.140. The highest BCUT2D eigenvalue weighted by Gasteiger charge is 2.27. The quantitative estimate of drug-likeness (QED) is 0.654. The molecule has 0 saturated carbocycles. The molecule has 1 rings (SSSR count). The molecule has 1 saturated heterocycles. The summed E-state index contributed by atoms with van der Waals surface area (Å²) >= 11 is 0. The Morgan fingerprint density at radius 3 is 2.75 bits per heavy atom. The second-order valence-corrected chi connectivity index (χ2v) is 3.87. The Balaban J connectivity index is 2.46. The Hall–Kier alpha value is -0.570. The number of hydrogen-bond acceptors (Lipinski definition) is 2. The fourth-order valence-corrected chi connectivity index (χ4v) is 1.74. The number of aliphatic carboxylic acids is 1. The molecule has 0 aromatic carbocycles. The lowest BCUT2D eigenvalue weighted by atomic mass is 9.84. The van der Waals surface area contributed by atoms with Gasteiger partial charge in [-0.2, -0.15) is 0 Å². The molecular formula is C9H17NO2. The fraction of sp³-hybridized carbons (Fsp3) is 0.889. The normalized spacial score (nSPS) is 30.6. The zero-order chi connectivity index (χ0) is 9.14. The maximum absolute atomic E-state index is 10.7. The Kier molecular flexibility index (Phi) is 3.09. The van der Waals surface area contributed by atoms with Gasteiger partial charge < -0.3 is 10.4 Å². The molecule has 3 nitrogen and oxygen atoms in total.